The first kappa shape index (κ1) is 25.8. The maximum atomic E-state index is 12.7. The van der Waals surface area contributed by atoms with E-state index in [0.717, 1.165) is 18.4 Å². The Hall–Kier alpha value is -1.45. The predicted molar refractivity (Wildman–Crippen MR) is 130 cm³/mol. The van der Waals surface area contributed by atoms with Crippen LogP contribution in [-0.4, -0.2) is 28.2 Å². The van der Waals surface area contributed by atoms with Gasteiger partial charge in [0.2, 0.25) is 0 Å². The van der Waals surface area contributed by atoms with Gasteiger partial charge in [-0.15, -0.1) is 0 Å². The first-order valence-electron chi connectivity index (χ1n) is 12.1. The third kappa shape index (κ3) is 5.68. The molecule has 1 saturated carbocycles. The molecule has 3 heteroatoms. The summed E-state index contributed by atoms with van der Waals surface area (Å²) < 4.78 is 0. The molecule has 0 aromatic carbocycles. The van der Waals surface area contributed by atoms with Gasteiger partial charge in [0, 0.05) is 23.7 Å². The number of fused-ring (bicyclic) bond motifs is 1. The van der Waals surface area contributed by atoms with E-state index in [2.05, 4.69) is 38.2 Å². The lowest BCUT2D eigenvalue weighted by Gasteiger charge is -2.54. The standard InChI is InChI=1S/C28H44O3/c1-8-9-10-11-25-20(4)16-24-14-18(2)12-13-26(24)28(25,23(7)30)17-19(3)15-27(31)21(5)22(6)29/h8-11,16-18,21-26,29-30H,12-15H2,1-7H3/b9-8+,11-10+,19-17?. The second-order valence-electron chi connectivity index (χ2n) is 10.3. The first-order chi connectivity index (χ1) is 14.5. The molecular formula is C28H44O3. The van der Waals surface area contributed by atoms with Crippen molar-refractivity contribution in [2.75, 3.05) is 0 Å². The quantitative estimate of drug-likeness (QED) is 0.366. The van der Waals surface area contributed by atoms with Crippen molar-refractivity contribution in [3.05, 3.63) is 47.6 Å². The minimum absolute atomic E-state index is 0.0578. The van der Waals surface area contributed by atoms with Crippen LogP contribution < -0.4 is 0 Å². The van der Waals surface area contributed by atoms with Crippen molar-refractivity contribution in [2.24, 2.45) is 35.0 Å². The maximum absolute atomic E-state index is 12.7. The maximum Gasteiger partial charge on any atom is 0.142 e. The van der Waals surface area contributed by atoms with E-state index in [1.807, 2.05) is 32.9 Å². The van der Waals surface area contributed by atoms with E-state index in [9.17, 15) is 15.0 Å². The van der Waals surface area contributed by atoms with Crippen molar-refractivity contribution in [3.8, 4) is 0 Å². The molecule has 2 aliphatic carbocycles. The summed E-state index contributed by atoms with van der Waals surface area (Å²) in [6, 6.07) is 0. The van der Waals surface area contributed by atoms with Crippen LogP contribution in [0.2, 0.25) is 0 Å². The molecule has 2 N–H and O–H groups in total. The number of carbonyl (C=O) groups excluding carboxylic acids is 1. The summed E-state index contributed by atoms with van der Waals surface area (Å²) in [4.78, 5) is 12.7. The van der Waals surface area contributed by atoms with Crippen LogP contribution in [0.3, 0.4) is 0 Å². The molecule has 0 aliphatic heterocycles. The third-order valence-corrected chi connectivity index (χ3v) is 7.82. The molecule has 8 unspecified atom stereocenters. The average molecular weight is 429 g/mol. The number of hydrogen-bond acceptors (Lipinski definition) is 3. The molecular weight excluding hydrogens is 384 g/mol. The van der Waals surface area contributed by atoms with Crippen molar-refractivity contribution in [3.63, 3.8) is 0 Å². The largest absolute Gasteiger partial charge is 0.393 e. The number of aliphatic hydroxyl groups is 2. The fourth-order valence-electron chi connectivity index (χ4n) is 5.97. The lowest BCUT2D eigenvalue weighted by molar-refractivity contribution is -0.124. The lowest BCUT2D eigenvalue weighted by Crippen LogP contribution is -2.51. The normalized spacial score (nSPS) is 35.0. The van der Waals surface area contributed by atoms with Gasteiger partial charge in [0.05, 0.1) is 12.2 Å². The Bertz CT molecular complexity index is 739. The fraction of sp³-hybridized carbons (Fsp3) is 0.679. The van der Waals surface area contributed by atoms with E-state index in [4.69, 9.17) is 0 Å². The molecule has 3 nitrogen and oxygen atoms in total. The van der Waals surface area contributed by atoms with E-state index in [1.54, 1.807) is 13.8 Å². The number of hydrogen-bond donors (Lipinski definition) is 2. The van der Waals surface area contributed by atoms with Crippen LogP contribution in [0.5, 0.6) is 0 Å². The van der Waals surface area contributed by atoms with E-state index in [1.165, 1.54) is 12.0 Å². The van der Waals surface area contributed by atoms with Gasteiger partial charge in [-0.1, -0.05) is 67.9 Å². The monoisotopic (exact) mass is 428 g/mol. The Balaban J connectivity index is 2.56. The van der Waals surface area contributed by atoms with Gasteiger partial charge < -0.3 is 10.2 Å². The van der Waals surface area contributed by atoms with Gasteiger partial charge >= 0.3 is 0 Å². The zero-order valence-corrected chi connectivity index (χ0v) is 20.6. The van der Waals surface area contributed by atoms with Crippen LogP contribution in [0.15, 0.2) is 47.6 Å². The van der Waals surface area contributed by atoms with Crippen LogP contribution in [0, 0.1) is 35.0 Å². The van der Waals surface area contributed by atoms with Crippen LogP contribution in [0.25, 0.3) is 0 Å². The molecule has 0 heterocycles. The van der Waals surface area contributed by atoms with Gasteiger partial charge in [-0.05, 0) is 65.2 Å². The third-order valence-electron chi connectivity index (χ3n) is 7.82. The van der Waals surface area contributed by atoms with Crippen LogP contribution in [-0.2, 0) is 4.79 Å². The zero-order chi connectivity index (χ0) is 23.3. The van der Waals surface area contributed by atoms with Crippen LogP contribution in [0.1, 0.15) is 74.1 Å². The van der Waals surface area contributed by atoms with Crippen molar-refractivity contribution in [1.82, 2.24) is 0 Å². The van der Waals surface area contributed by atoms with E-state index in [0.29, 0.717) is 24.2 Å². The van der Waals surface area contributed by atoms with Gasteiger partial charge in [-0.3, -0.25) is 4.79 Å². The minimum atomic E-state index is -0.647. The van der Waals surface area contributed by atoms with Gasteiger partial charge in [0.1, 0.15) is 5.78 Å². The van der Waals surface area contributed by atoms with E-state index in [-0.39, 0.29) is 17.6 Å². The molecule has 1 fully saturated rings. The molecule has 0 radical (unpaired) electrons. The molecule has 0 spiro atoms. The van der Waals surface area contributed by atoms with Gasteiger partial charge in [-0.2, -0.15) is 0 Å². The summed E-state index contributed by atoms with van der Waals surface area (Å²) in [5.41, 5.74) is 1.87. The van der Waals surface area contributed by atoms with E-state index < -0.39 is 17.6 Å². The highest BCUT2D eigenvalue weighted by atomic mass is 16.3. The van der Waals surface area contributed by atoms with E-state index >= 15 is 0 Å². The Kier molecular flexibility index (Phi) is 9.09. The summed E-state index contributed by atoms with van der Waals surface area (Å²) >= 11 is 0. The van der Waals surface area contributed by atoms with Crippen molar-refractivity contribution >= 4 is 5.78 Å². The topological polar surface area (TPSA) is 57.5 Å². The van der Waals surface area contributed by atoms with Crippen LogP contribution in [0.4, 0.5) is 0 Å². The minimum Gasteiger partial charge on any atom is -0.393 e. The molecule has 2 rings (SSSR count). The summed E-state index contributed by atoms with van der Waals surface area (Å²) in [5, 5.41) is 21.1. The number of Topliss-reactive ketones (excluding diaryl/α,β-unsaturated/α-hetero) is 1. The lowest BCUT2D eigenvalue weighted by atomic mass is 9.50. The molecule has 0 aromatic rings. The summed E-state index contributed by atoms with van der Waals surface area (Å²) in [7, 11) is 0. The predicted octanol–water partition coefficient (Wildman–Crippen LogP) is 6.04. The Morgan fingerprint density at radius 3 is 2.48 bits per heavy atom. The fourth-order valence-corrected chi connectivity index (χ4v) is 5.97. The molecule has 8 atom stereocenters. The number of carbonyl (C=O) groups is 1. The van der Waals surface area contributed by atoms with Crippen molar-refractivity contribution in [1.29, 1.82) is 0 Å². The Labute approximate surface area is 190 Å². The number of allylic oxidation sites excluding steroid dienone is 7. The van der Waals surface area contributed by atoms with Crippen molar-refractivity contribution in [2.45, 2.75) is 86.4 Å². The SMILES string of the molecule is C/C=C/C=C/C1C(C)=CC2CC(C)CCC2C1(C=C(C)CC(=O)C(C)C(C)O)C(C)O. The van der Waals surface area contributed by atoms with Crippen LogP contribution >= 0.6 is 0 Å². The summed E-state index contributed by atoms with van der Waals surface area (Å²) in [6.45, 7) is 13.9. The molecule has 0 bridgehead atoms. The number of rotatable bonds is 8. The molecule has 31 heavy (non-hydrogen) atoms. The summed E-state index contributed by atoms with van der Waals surface area (Å²) in [5.74, 6) is 1.28. The molecule has 0 saturated heterocycles. The highest BCUT2D eigenvalue weighted by Gasteiger charge is 2.53. The second kappa shape index (κ2) is 10.9. The first-order valence-corrected chi connectivity index (χ1v) is 12.1. The van der Waals surface area contributed by atoms with Gasteiger partial charge in [0.15, 0.2) is 0 Å². The molecule has 0 aromatic heterocycles. The Morgan fingerprint density at radius 1 is 1.23 bits per heavy atom. The zero-order valence-electron chi connectivity index (χ0n) is 20.6. The van der Waals surface area contributed by atoms with Gasteiger partial charge in [0.25, 0.3) is 0 Å². The summed E-state index contributed by atoms with van der Waals surface area (Å²) in [6.07, 6.45) is 15.7. The molecule has 0 amide bonds. The smallest absolute Gasteiger partial charge is 0.142 e. The molecule has 2 aliphatic rings. The molecule has 174 valence electrons. The van der Waals surface area contributed by atoms with Crippen molar-refractivity contribution < 1.29 is 15.0 Å². The van der Waals surface area contributed by atoms with Gasteiger partial charge in [-0.25, -0.2) is 0 Å². The number of aliphatic hydroxyl groups excluding tert-OH is 2. The average Bonchev–Trinajstić information content (AvgIpc) is 2.68. The Morgan fingerprint density at radius 2 is 1.90 bits per heavy atom. The number of ketones is 1. The highest BCUT2D eigenvalue weighted by molar-refractivity contribution is 5.83. The highest BCUT2D eigenvalue weighted by Crippen LogP contribution is 2.57. The second-order valence-corrected chi connectivity index (χ2v) is 10.3.